The molecule has 2 fully saturated rings. The van der Waals surface area contributed by atoms with E-state index in [1.165, 1.54) is 25.7 Å². The van der Waals surface area contributed by atoms with Crippen LogP contribution in [0.5, 0.6) is 0 Å². The van der Waals surface area contributed by atoms with Crippen LogP contribution in [0.4, 0.5) is 21.0 Å². The maximum absolute atomic E-state index is 13.9. The van der Waals surface area contributed by atoms with Crippen molar-refractivity contribution in [1.29, 1.82) is 0 Å². The van der Waals surface area contributed by atoms with Gasteiger partial charge in [-0.15, -0.1) is 0 Å². The van der Waals surface area contributed by atoms with Gasteiger partial charge in [-0.05, 0) is 85.3 Å². The summed E-state index contributed by atoms with van der Waals surface area (Å²) in [5.74, 6) is 0. The molecular formula is C36H44Cl2N4O2. The number of hydrogen-bond donors (Lipinski definition) is 2. The molecule has 3 aromatic carbocycles. The van der Waals surface area contributed by atoms with Crippen LogP contribution in [0, 0.1) is 0 Å². The first-order valence-corrected chi connectivity index (χ1v) is 16.9. The molecule has 3 aromatic rings. The second kappa shape index (κ2) is 16.2. The predicted molar refractivity (Wildman–Crippen MR) is 181 cm³/mol. The summed E-state index contributed by atoms with van der Waals surface area (Å²) in [5.41, 5.74) is 3.59. The topological polar surface area (TPSA) is 64.7 Å². The quantitative estimate of drug-likeness (QED) is 0.242. The summed E-state index contributed by atoms with van der Waals surface area (Å²) in [5, 5.41) is 7.51. The fourth-order valence-electron chi connectivity index (χ4n) is 6.56. The van der Waals surface area contributed by atoms with Gasteiger partial charge in [0.15, 0.2) is 0 Å². The smallest absolute Gasteiger partial charge is 0.317 e. The van der Waals surface area contributed by atoms with Gasteiger partial charge in [0.1, 0.15) is 0 Å². The number of benzene rings is 3. The van der Waals surface area contributed by atoms with Crippen molar-refractivity contribution in [3.8, 4) is 0 Å². The van der Waals surface area contributed by atoms with Gasteiger partial charge >= 0.3 is 12.1 Å². The monoisotopic (exact) mass is 634 g/mol. The standard InChI is InChI=1S/C36H44Cl2N4O2/c37-29-17-21-31(22-18-29)39-35(43)41(33-13-5-1-2-6-14-33)25-27-11-9-10-12-28(27)26-42(34-15-7-3-4-8-16-34)36(44)40-32-23-19-30(38)20-24-32/h9-12,17-24,33-34H,1-8,13-16,25-26H2,(H,39,43)(H,40,44). The molecule has 8 heteroatoms. The number of anilines is 2. The molecule has 0 bridgehead atoms. The molecule has 2 aliphatic rings. The van der Waals surface area contributed by atoms with Gasteiger partial charge in [-0.3, -0.25) is 0 Å². The summed E-state index contributed by atoms with van der Waals surface area (Å²) in [6.45, 7) is 0.967. The first-order chi connectivity index (χ1) is 21.5. The Kier molecular flexibility index (Phi) is 11.8. The number of nitrogens with zero attached hydrogens (tertiary/aromatic N) is 2. The van der Waals surface area contributed by atoms with Crippen molar-refractivity contribution in [3.63, 3.8) is 0 Å². The Morgan fingerprint density at radius 1 is 0.545 bits per heavy atom. The third-order valence-corrected chi connectivity index (χ3v) is 9.55. The Morgan fingerprint density at radius 2 is 0.886 bits per heavy atom. The molecule has 0 aromatic heterocycles. The van der Waals surface area contributed by atoms with Crippen LogP contribution in [-0.4, -0.2) is 33.9 Å². The van der Waals surface area contributed by atoms with Crippen molar-refractivity contribution in [1.82, 2.24) is 9.80 Å². The normalized spacial score (nSPS) is 16.4. The molecule has 2 saturated carbocycles. The minimum absolute atomic E-state index is 0.102. The summed E-state index contributed by atoms with van der Waals surface area (Å²) >= 11 is 12.2. The molecule has 0 aliphatic heterocycles. The highest BCUT2D eigenvalue weighted by atomic mass is 35.5. The highest BCUT2D eigenvalue weighted by Gasteiger charge is 2.29. The molecule has 0 heterocycles. The minimum atomic E-state index is -0.102. The molecule has 44 heavy (non-hydrogen) atoms. The maximum atomic E-state index is 13.9. The van der Waals surface area contributed by atoms with E-state index in [1.54, 1.807) is 24.3 Å². The number of rotatable bonds is 8. The predicted octanol–water partition coefficient (Wildman–Crippen LogP) is 10.5. The van der Waals surface area contributed by atoms with E-state index in [9.17, 15) is 9.59 Å². The molecule has 2 aliphatic carbocycles. The molecule has 0 saturated heterocycles. The summed E-state index contributed by atoms with van der Waals surface area (Å²) in [7, 11) is 0. The number of carbonyl (C=O) groups excluding carboxylic acids is 2. The molecule has 4 amide bonds. The number of halogens is 2. The van der Waals surface area contributed by atoms with Crippen LogP contribution in [0.15, 0.2) is 72.8 Å². The third kappa shape index (κ3) is 9.15. The zero-order valence-corrected chi connectivity index (χ0v) is 27.0. The Bertz CT molecular complexity index is 1240. The van der Waals surface area contributed by atoms with Crippen molar-refractivity contribution < 1.29 is 9.59 Å². The van der Waals surface area contributed by atoms with Crippen LogP contribution in [0.2, 0.25) is 10.0 Å². The first-order valence-electron chi connectivity index (χ1n) is 16.2. The van der Waals surface area contributed by atoms with E-state index in [2.05, 4.69) is 22.8 Å². The first kappa shape index (κ1) is 32.2. The highest BCUT2D eigenvalue weighted by Crippen LogP contribution is 2.29. The van der Waals surface area contributed by atoms with Gasteiger partial charge in [-0.25, -0.2) is 9.59 Å². The van der Waals surface area contributed by atoms with Crippen molar-refractivity contribution in [2.75, 3.05) is 10.6 Å². The van der Waals surface area contributed by atoms with Crippen LogP contribution in [0.1, 0.15) is 88.2 Å². The molecule has 0 radical (unpaired) electrons. The van der Waals surface area contributed by atoms with E-state index in [1.807, 2.05) is 46.2 Å². The lowest BCUT2D eigenvalue weighted by Crippen LogP contribution is -2.44. The number of carbonyl (C=O) groups is 2. The number of urea groups is 2. The lowest BCUT2D eigenvalue weighted by molar-refractivity contribution is 0.170. The van der Waals surface area contributed by atoms with Crippen LogP contribution >= 0.6 is 23.2 Å². The maximum Gasteiger partial charge on any atom is 0.322 e. The van der Waals surface area contributed by atoms with Crippen molar-refractivity contribution in [2.45, 2.75) is 102 Å². The van der Waals surface area contributed by atoms with E-state index in [4.69, 9.17) is 23.2 Å². The van der Waals surface area contributed by atoms with Crippen LogP contribution in [0.25, 0.3) is 0 Å². The zero-order chi connectivity index (χ0) is 30.7. The van der Waals surface area contributed by atoms with E-state index in [0.29, 0.717) is 23.1 Å². The van der Waals surface area contributed by atoms with Crippen LogP contribution < -0.4 is 10.6 Å². The molecule has 2 N–H and O–H groups in total. The Morgan fingerprint density at radius 3 is 1.23 bits per heavy atom. The number of amides is 4. The molecular weight excluding hydrogens is 591 g/mol. The van der Waals surface area contributed by atoms with Crippen molar-refractivity contribution >= 4 is 46.6 Å². The average Bonchev–Trinajstić information content (AvgIpc) is 3.47. The Labute approximate surface area is 272 Å². The van der Waals surface area contributed by atoms with Gasteiger partial charge in [0, 0.05) is 46.6 Å². The molecule has 6 nitrogen and oxygen atoms in total. The van der Waals surface area contributed by atoms with Gasteiger partial charge in [0.25, 0.3) is 0 Å². The summed E-state index contributed by atoms with van der Waals surface area (Å²) in [6, 6.07) is 22.9. The van der Waals surface area contributed by atoms with Gasteiger partial charge in [-0.2, -0.15) is 0 Å². The fourth-order valence-corrected chi connectivity index (χ4v) is 6.81. The largest absolute Gasteiger partial charge is 0.322 e. The zero-order valence-electron chi connectivity index (χ0n) is 25.4. The molecule has 5 rings (SSSR count). The molecule has 0 spiro atoms. The molecule has 234 valence electrons. The van der Waals surface area contributed by atoms with Gasteiger partial charge in [-0.1, -0.05) is 98.8 Å². The summed E-state index contributed by atoms with van der Waals surface area (Å²) in [6.07, 6.45) is 13.3. The highest BCUT2D eigenvalue weighted by molar-refractivity contribution is 6.31. The lowest BCUT2D eigenvalue weighted by atomic mass is 10.0. The molecule has 0 atom stereocenters. The van der Waals surface area contributed by atoms with Crippen LogP contribution in [0.3, 0.4) is 0 Å². The van der Waals surface area contributed by atoms with E-state index in [-0.39, 0.29) is 24.1 Å². The average molecular weight is 636 g/mol. The lowest BCUT2D eigenvalue weighted by Gasteiger charge is -2.34. The number of hydrogen-bond acceptors (Lipinski definition) is 2. The van der Waals surface area contributed by atoms with Gasteiger partial charge in [0.2, 0.25) is 0 Å². The summed E-state index contributed by atoms with van der Waals surface area (Å²) in [4.78, 5) is 31.8. The second-order valence-corrected chi connectivity index (χ2v) is 13.1. The minimum Gasteiger partial charge on any atom is -0.317 e. The Hall–Kier alpha value is -3.22. The van der Waals surface area contributed by atoms with E-state index in [0.717, 1.165) is 73.9 Å². The fraction of sp³-hybridized carbons (Fsp3) is 0.444. The van der Waals surface area contributed by atoms with Crippen molar-refractivity contribution in [3.05, 3.63) is 94.0 Å². The van der Waals surface area contributed by atoms with Crippen LogP contribution in [-0.2, 0) is 13.1 Å². The molecule has 0 unspecified atom stereocenters. The summed E-state index contributed by atoms with van der Waals surface area (Å²) < 4.78 is 0. The Balaban J connectivity index is 1.40. The van der Waals surface area contributed by atoms with Gasteiger partial charge in [0.05, 0.1) is 0 Å². The third-order valence-electron chi connectivity index (χ3n) is 9.04. The van der Waals surface area contributed by atoms with E-state index < -0.39 is 0 Å². The van der Waals surface area contributed by atoms with Crippen molar-refractivity contribution in [2.24, 2.45) is 0 Å². The van der Waals surface area contributed by atoms with E-state index >= 15 is 0 Å². The second-order valence-electron chi connectivity index (χ2n) is 12.2. The van der Waals surface area contributed by atoms with Gasteiger partial charge < -0.3 is 20.4 Å². The SMILES string of the molecule is O=C(Nc1ccc(Cl)cc1)N(Cc1ccccc1CN(C(=O)Nc1ccc(Cl)cc1)C1CCCCCC1)C1CCCCCC1. The number of nitrogens with one attached hydrogen (secondary N) is 2.